The van der Waals surface area contributed by atoms with E-state index in [9.17, 15) is 43.9 Å². The van der Waals surface area contributed by atoms with E-state index in [1.165, 1.54) is 20.3 Å². The lowest BCUT2D eigenvalue weighted by Crippen LogP contribution is -2.51. The van der Waals surface area contributed by atoms with Crippen molar-refractivity contribution >= 4 is 0 Å². The molecule has 0 aromatic heterocycles. The van der Waals surface area contributed by atoms with Crippen LogP contribution in [0.15, 0.2) is 48.5 Å². The molecule has 0 aliphatic carbocycles. The summed E-state index contributed by atoms with van der Waals surface area (Å²) in [7, 11) is 6.25. The van der Waals surface area contributed by atoms with E-state index in [1.54, 1.807) is 14.0 Å². The number of ether oxygens (including phenoxy) is 3. The maximum atomic E-state index is 14.9. The standard InChI is InChI=1S/C56H73F10NO3/c1-15-18-20-22-53(70-14,23-21-19-16-2)34(4)67(11)33-44-43(31-46(52(8,9)10)50(69-13)48(44)37-27-39(55(61,62)63)29-40(28-37)56(64,65)66)42-30-45(51(5,6)7)49(68-12)47(41(42)17-3)36-24-35(32-57)25-38(26-36)54(58,59)60/h24-31,34H,15-23,32-33H2,1-14H3/t34-/m0/s1. The number of halogens is 10. The summed E-state index contributed by atoms with van der Waals surface area (Å²) < 4.78 is 166. The third kappa shape index (κ3) is 13.0. The van der Waals surface area contributed by atoms with Gasteiger partial charge in [-0.25, -0.2) is 4.39 Å². The van der Waals surface area contributed by atoms with Crippen molar-refractivity contribution < 1.29 is 58.1 Å². The molecule has 1 atom stereocenters. The van der Waals surface area contributed by atoms with Crippen molar-refractivity contribution in [3.8, 4) is 44.9 Å². The molecular weight excluding hydrogens is 925 g/mol. The van der Waals surface area contributed by atoms with E-state index in [4.69, 9.17) is 14.2 Å². The fourth-order valence-electron chi connectivity index (χ4n) is 9.80. The van der Waals surface area contributed by atoms with Crippen LogP contribution in [0, 0.1) is 0 Å². The lowest BCUT2D eigenvalue weighted by atomic mass is 9.75. The topological polar surface area (TPSA) is 30.9 Å². The number of benzene rings is 4. The molecule has 0 aliphatic heterocycles. The Morgan fingerprint density at radius 3 is 1.30 bits per heavy atom. The number of methoxy groups -OCH3 is 3. The fraction of sp³-hybridized carbons (Fsp3) is 0.571. The number of nitrogens with zero attached hydrogens (tertiary/aromatic N) is 1. The summed E-state index contributed by atoms with van der Waals surface area (Å²) in [5, 5.41) is 0. The summed E-state index contributed by atoms with van der Waals surface area (Å²) in [4.78, 5) is 2.01. The molecule has 70 heavy (non-hydrogen) atoms. The van der Waals surface area contributed by atoms with Crippen LogP contribution in [0.25, 0.3) is 33.4 Å². The van der Waals surface area contributed by atoms with Crippen LogP contribution in [0.5, 0.6) is 11.5 Å². The van der Waals surface area contributed by atoms with Gasteiger partial charge < -0.3 is 14.2 Å². The Labute approximate surface area is 409 Å². The van der Waals surface area contributed by atoms with E-state index in [-0.39, 0.29) is 64.4 Å². The van der Waals surface area contributed by atoms with Gasteiger partial charge in [0.05, 0.1) is 36.5 Å². The number of hydrogen-bond donors (Lipinski definition) is 0. The summed E-state index contributed by atoms with van der Waals surface area (Å²) in [5.41, 5.74) is -4.11. The van der Waals surface area contributed by atoms with Gasteiger partial charge in [-0.3, -0.25) is 4.90 Å². The highest BCUT2D eigenvalue weighted by Crippen LogP contribution is 2.53. The third-order valence-corrected chi connectivity index (χ3v) is 13.7. The molecule has 0 spiro atoms. The summed E-state index contributed by atoms with van der Waals surface area (Å²) in [6, 6.07) is 7.92. The molecule has 4 aromatic rings. The Morgan fingerprint density at radius 1 is 0.543 bits per heavy atom. The normalized spacial score (nSPS) is 13.6. The predicted molar refractivity (Wildman–Crippen MR) is 261 cm³/mol. The van der Waals surface area contributed by atoms with Gasteiger partial charge in [0.1, 0.15) is 18.2 Å². The molecule has 0 amide bonds. The summed E-state index contributed by atoms with van der Waals surface area (Å²) in [5.74, 6) is 0.308. The molecule has 14 heteroatoms. The van der Waals surface area contributed by atoms with Gasteiger partial charge in [-0.15, -0.1) is 0 Å². The molecule has 4 rings (SSSR count). The Hall–Kier alpha value is -4.30. The minimum absolute atomic E-state index is 0.00364. The van der Waals surface area contributed by atoms with Crippen molar-refractivity contribution in [2.24, 2.45) is 0 Å². The van der Waals surface area contributed by atoms with Crippen molar-refractivity contribution in [3.63, 3.8) is 0 Å². The first-order chi connectivity index (χ1) is 32.4. The zero-order valence-corrected chi connectivity index (χ0v) is 43.4. The summed E-state index contributed by atoms with van der Waals surface area (Å²) >= 11 is 0. The van der Waals surface area contributed by atoms with Crippen molar-refractivity contribution in [2.45, 2.75) is 181 Å². The highest BCUT2D eigenvalue weighted by atomic mass is 19.4. The van der Waals surface area contributed by atoms with Crippen LogP contribution in [0.2, 0.25) is 0 Å². The van der Waals surface area contributed by atoms with E-state index in [0.29, 0.717) is 58.4 Å². The maximum absolute atomic E-state index is 14.9. The van der Waals surface area contributed by atoms with Crippen LogP contribution < -0.4 is 9.47 Å². The molecule has 0 unspecified atom stereocenters. The second-order valence-corrected chi connectivity index (χ2v) is 20.7. The van der Waals surface area contributed by atoms with E-state index in [2.05, 4.69) is 13.8 Å². The first-order valence-electron chi connectivity index (χ1n) is 24.2. The van der Waals surface area contributed by atoms with E-state index in [0.717, 1.165) is 50.7 Å². The predicted octanol–water partition coefficient (Wildman–Crippen LogP) is 17.8. The van der Waals surface area contributed by atoms with Crippen LogP contribution in [-0.4, -0.2) is 44.9 Å². The first-order valence-corrected chi connectivity index (χ1v) is 24.2. The minimum Gasteiger partial charge on any atom is -0.496 e. The largest absolute Gasteiger partial charge is 0.496 e. The van der Waals surface area contributed by atoms with Gasteiger partial charge >= 0.3 is 18.5 Å². The van der Waals surface area contributed by atoms with Gasteiger partial charge in [-0.05, 0) is 132 Å². The summed E-state index contributed by atoms with van der Waals surface area (Å²) in [6.07, 6.45) is -8.16. The Bertz CT molecular complexity index is 2360. The zero-order chi connectivity index (χ0) is 52.9. The second kappa shape index (κ2) is 22.6. The lowest BCUT2D eigenvalue weighted by Gasteiger charge is -2.43. The Kier molecular flexibility index (Phi) is 18.8. The van der Waals surface area contributed by atoms with Crippen LogP contribution in [-0.2, 0) is 53.7 Å². The van der Waals surface area contributed by atoms with Crippen LogP contribution in [0.4, 0.5) is 43.9 Å². The molecule has 0 saturated carbocycles. The molecular formula is C56H73F10NO3. The van der Waals surface area contributed by atoms with E-state index < -0.39 is 58.3 Å². The Balaban J connectivity index is 2.42. The minimum atomic E-state index is -5.18. The molecule has 0 bridgehead atoms. The molecule has 0 radical (unpaired) electrons. The number of hydrogen-bond acceptors (Lipinski definition) is 4. The SMILES string of the molecule is CCCCCC(CCCCC)(OC)[C@H](C)N(C)Cc1c(-c2cc(C(C)(C)C)c(OC)c(-c3cc(CF)cc(C(F)(F)F)c3)c2CC)cc(C(C)(C)C)c(OC)c1-c1cc(C(F)(F)F)cc(C(F)(F)F)c1. The number of rotatable bonds is 20. The third-order valence-electron chi connectivity index (χ3n) is 13.7. The lowest BCUT2D eigenvalue weighted by molar-refractivity contribution is -0.143. The van der Waals surface area contributed by atoms with E-state index >= 15 is 0 Å². The quantitative estimate of drug-likeness (QED) is 0.0652. The van der Waals surface area contributed by atoms with Gasteiger partial charge in [0.25, 0.3) is 0 Å². The first kappa shape index (κ1) is 58.3. The van der Waals surface area contributed by atoms with Gasteiger partial charge in [-0.2, -0.15) is 39.5 Å². The monoisotopic (exact) mass is 998 g/mol. The maximum Gasteiger partial charge on any atom is 0.416 e. The number of unbranched alkanes of at least 4 members (excludes halogenated alkanes) is 4. The zero-order valence-electron chi connectivity index (χ0n) is 43.4. The number of alkyl halides is 10. The van der Waals surface area contributed by atoms with Crippen molar-refractivity contribution in [3.05, 3.63) is 93.0 Å². The second-order valence-electron chi connectivity index (χ2n) is 20.7. The highest BCUT2D eigenvalue weighted by Gasteiger charge is 2.42. The molecule has 0 aliphatic rings. The molecule has 4 aromatic carbocycles. The fourth-order valence-corrected chi connectivity index (χ4v) is 9.80. The molecule has 0 N–H and O–H groups in total. The Morgan fingerprint density at radius 2 is 0.943 bits per heavy atom. The molecule has 390 valence electrons. The van der Waals surface area contributed by atoms with Crippen molar-refractivity contribution in [1.82, 2.24) is 4.90 Å². The van der Waals surface area contributed by atoms with Crippen LogP contribution >= 0.6 is 0 Å². The molecule has 0 fully saturated rings. The summed E-state index contributed by atoms with van der Waals surface area (Å²) in [6.45, 7) is 18.0. The van der Waals surface area contributed by atoms with Gasteiger partial charge in [0, 0.05) is 42.0 Å². The molecule has 0 heterocycles. The molecule has 4 nitrogen and oxygen atoms in total. The number of likely N-dealkylation sites (N-methyl/N-ethyl adjacent to an activating group) is 1. The van der Waals surface area contributed by atoms with E-state index in [1.807, 2.05) is 72.5 Å². The smallest absolute Gasteiger partial charge is 0.416 e. The molecule has 0 saturated heterocycles. The van der Waals surface area contributed by atoms with Crippen LogP contribution in [0.1, 0.15) is 165 Å². The highest BCUT2D eigenvalue weighted by molar-refractivity contribution is 5.91. The van der Waals surface area contributed by atoms with Crippen molar-refractivity contribution in [1.29, 1.82) is 0 Å². The van der Waals surface area contributed by atoms with Crippen molar-refractivity contribution in [2.75, 3.05) is 28.4 Å². The average molecular weight is 998 g/mol. The van der Waals surface area contributed by atoms with Gasteiger partial charge in [0.2, 0.25) is 0 Å². The average Bonchev–Trinajstić information content (AvgIpc) is 3.27. The van der Waals surface area contributed by atoms with Gasteiger partial charge in [0.15, 0.2) is 0 Å². The van der Waals surface area contributed by atoms with Gasteiger partial charge in [-0.1, -0.05) is 101 Å². The van der Waals surface area contributed by atoms with Crippen LogP contribution in [0.3, 0.4) is 0 Å².